The van der Waals surface area contributed by atoms with Crippen LogP contribution in [0.1, 0.15) is 31.5 Å². The maximum Gasteiger partial charge on any atom is 0.224 e. The molecule has 0 aliphatic carbocycles. The summed E-state index contributed by atoms with van der Waals surface area (Å²) >= 11 is 0. The molecule has 6 nitrogen and oxygen atoms in total. The van der Waals surface area contributed by atoms with Crippen molar-refractivity contribution in [3.05, 3.63) is 30.1 Å². The summed E-state index contributed by atoms with van der Waals surface area (Å²) in [6.45, 7) is 6.64. The number of anilines is 2. The van der Waals surface area contributed by atoms with Gasteiger partial charge in [0.05, 0.1) is 6.20 Å². The van der Waals surface area contributed by atoms with Gasteiger partial charge in [0.2, 0.25) is 11.8 Å². The van der Waals surface area contributed by atoms with Crippen LogP contribution in [0.2, 0.25) is 0 Å². The van der Waals surface area contributed by atoms with E-state index in [4.69, 9.17) is 4.42 Å². The highest BCUT2D eigenvalue weighted by molar-refractivity contribution is 5.40. The predicted molar refractivity (Wildman–Crippen MR) is 69.5 cm³/mol. The molecule has 0 fully saturated rings. The molecular formula is C12H17N5O. The lowest BCUT2D eigenvalue weighted by molar-refractivity contribution is 0.453. The van der Waals surface area contributed by atoms with E-state index in [0.29, 0.717) is 11.8 Å². The van der Waals surface area contributed by atoms with Crippen LogP contribution in [-0.2, 0) is 0 Å². The molecule has 2 rings (SSSR count). The number of hydrogen-bond acceptors (Lipinski definition) is 6. The average molecular weight is 247 g/mol. The minimum absolute atomic E-state index is 0.0388. The molecule has 0 amide bonds. The summed E-state index contributed by atoms with van der Waals surface area (Å²) in [5.41, 5.74) is 0. The van der Waals surface area contributed by atoms with Crippen LogP contribution in [0, 0.1) is 6.92 Å². The fourth-order valence-electron chi connectivity index (χ4n) is 1.54. The Morgan fingerprint density at radius 1 is 1.39 bits per heavy atom. The highest BCUT2D eigenvalue weighted by Crippen LogP contribution is 2.17. The number of nitrogens with zero attached hydrogens (tertiary/aromatic N) is 3. The van der Waals surface area contributed by atoms with Gasteiger partial charge in [-0.15, -0.1) is 0 Å². The van der Waals surface area contributed by atoms with Gasteiger partial charge in [0, 0.05) is 12.7 Å². The van der Waals surface area contributed by atoms with E-state index in [1.54, 1.807) is 12.4 Å². The van der Waals surface area contributed by atoms with Crippen molar-refractivity contribution >= 4 is 11.8 Å². The van der Waals surface area contributed by atoms with Crippen LogP contribution in [-0.4, -0.2) is 21.5 Å². The Hall–Kier alpha value is -2.11. The van der Waals surface area contributed by atoms with Gasteiger partial charge in [-0.3, -0.25) is 0 Å². The van der Waals surface area contributed by atoms with Crippen molar-refractivity contribution in [2.45, 2.75) is 26.8 Å². The van der Waals surface area contributed by atoms with E-state index in [0.717, 1.165) is 18.1 Å². The van der Waals surface area contributed by atoms with Crippen LogP contribution in [0.5, 0.6) is 0 Å². The quantitative estimate of drug-likeness (QED) is 0.844. The summed E-state index contributed by atoms with van der Waals surface area (Å²) < 4.78 is 5.46. The first-order valence-electron chi connectivity index (χ1n) is 5.95. The van der Waals surface area contributed by atoms with Crippen LogP contribution in [0.3, 0.4) is 0 Å². The molecule has 1 unspecified atom stereocenters. The molecule has 18 heavy (non-hydrogen) atoms. The second kappa shape index (κ2) is 5.48. The Morgan fingerprint density at radius 2 is 2.22 bits per heavy atom. The largest absolute Gasteiger partial charge is 0.444 e. The summed E-state index contributed by atoms with van der Waals surface area (Å²) in [4.78, 5) is 12.6. The van der Waals surface area contributed by atoms with Gasteiger partial charge in [-0.25, -0.2) is 9.97 Å². The summed E-state index contributed by atoms with van der Waals surface area (Å²) in [5.74, 6) is 2.80. The molecule has 0 spiro atoms. The van der Waals surface area contributed by atoms with Gasteiger partial charge >= 0.3 is 0 Å². The molecule has 6 heteroatoms. The van der Waals surface area contributed by atoms with Crippen molar-refractivity contribution in [2.24, 2.45) is 0 Å². The van der Waals surface area contributed by atoms with Gasteiger partial charge < -0.3 is 15.1 Å². The monoisotopic (exact) mass is 247 g/mol. The number of nitrogens with one attached hydrogen (secondary N) is 2. The predicted octanol–water partition coefficient (Wildman–Crippen LogP) is 2.38. The second-order valence-corrected chi connectivity index (χ2v) is 3.97. The van der Waals surface area contributed by atoms with Crippen molar-refractivity contribution in [3.63, 3.8) is 0 Å². The van der Waals surface area contributed by atoms with Crippen molar-refractivity contribution in [2.75, 3.05) is 17.2 Å². The molecule has 0 aliphatic rings. The number of oxazole rings is 1. The smallest absolute Gasteiger partial charge is 0.224 e. The van der Waals surface area contributed by atoms with E-state index in [1.165, 1.54) is 0 Å². The number of aryl methyl sites for hydroxylation is 1. The summed E-state index contributed by atoms with van der Waals surface area (Å²) in [6.07, 6.45) is 3.42. The Labute approximate surface area is 106 Å². The average Bonchev–Trinajstić information content (AvgIpc) is 2.77. The third kappa shape index (κ3) is 2.97. The van der Waals surface area contributed by atoms with Crippen molar-refractivity contribution in [1.82, 2.24) is 15.0 Å². The van der Waals surface area contributed by atoms with Crippen LogP contribution in [0.25, 0.3) is 0 Å². The number of hydrogen-bond donors (Lipinski definition) is 2. The van der Waals surface area contributed by atoms with Crippen molar-refractivity contribution in [3.8, 4) is 0 Å². The maximum absolute atomic E-state index is 5.46. The van der Waals surface area contributed by atoms with E-state index < -0.39 is 0 Å². The van der Waals surface area contributed by atoms with Gasteiger partial charge in [-0.05, 0) is 26.8 Å². The minimum atomic E-state index is -0.0388. The minimum Gasteiger partial charge on any atom is -0.444 e. The first kappa shape index (κ1) is 12.3. The zero-order valence-corrected chi connectivity index (χ0v) is 10.8. The Morgan fingerprint density at radius 3 is 2.89 bits per heavy atom. The molecule has 0 aromatic carbocycles. The van der Waals surface area contributed by atoms with E-state index in [9.17, 15) is 0 Å². The van der Waals surface area contributed by atoms with Gasteiger partial charge in [-0.1, -0.05) is 0 Å². The Bertz CT molecular complexity index is 511. The van der Waals surface area contributed by atoms with E-state index in [2.05, 4.69) is 25.6 Å². The molecule has 96 valence electrons. The first-order valence-corrected chi connectivity index (χ1v) is 5.95. The fraction of sp³-hybridized carbons (Fsp3) is 0.417. The summed E-state index contributed by atoms with van der Waals surface area (Å²) in [6, 6.07) is 1.77. The van der Waals surface area contributed by atoms with Gasteiger partial charge in [-0.2, -0.15) is 4.98 Å². The Kier molecular flexibility index (Phi) is 3.76. The molecule has 0 aliphatic heterocycles. The van der Waals surface area contributed by atoms with Crippen molar-refractivity contribution < 1.29 is 4.42 Å². The lowest BCUT2D eigenvalue weighted by atomic mass is 10.3. The standard InChI is InChI=1S/C12H17N5O/c1-4-13-12-14-6-5-10(17-12)16-9(3)11-15-7-8(2)18-11/h5-7,9H,4H2,1-3H3,(H2,13,14,16,17). The van der Waals surface area contributed by atoms with Gasteiger partial charge in [0.25, 0.3) is 0 Å². The van der Waals surface area contributed by atoms with Crippen molar-refractivity contribution in [1.29, 1.82) is 0 Å². The van der Waals surface area contributed by atoms with Crippen LogP contribution in [0.15, 0.2) is 22.9 Å². The highest BCUT2D eigenvalue weighted by Gasteiger charge is 2.11. The Balaban J connectivity index is 2.06. The van der Waals surface area contributed by atoms with E-state index >= 15 is 0 Å². The van der Waals surface area contributed by atoms with Crippen LogP contribution < -0.4 is 10.6 Å². The maximum atomic E-state index is 5.46. The molecule has 0 radical (unpaired) electrons. The normalized spacial score (nSPS) is 12.2. The molecule has 2 N–H and O–H groups in total. The summed E-state index contributed by atoms with van der Waals surface area (Å²) in [5, 5.41) is 6.29. The molecule has 2 heterocycles. The molecule has 0 saturated heterocycles. The lowest BCUT2D eigenvalue weighted by Gasteiger charge is -2.11. The van der Waals surface area contributed by atoms with E-state index in [1.807, 2.05) is 26.8 Å². The molecule has 2 aromatic rings. The summed E-state index contributed by atoms with van der Waals surface area (Å²) in [7, 11) is 0. The van der Waals surface area contributed by atoms with Gasteiger partial charge in [0.15, 0.2) is 0 Å². The van der Waals surface area contributed by atoms with Crippen LogP contribution in [0.4, 0.5) is 11.8 Å². The SMILES string of the molecule is CCNc1nccc(NC(C)c2ncc(C)o2)n1. The molecule has 0 bridgehead atoms. The second-order valence-electron chi connectivity index (χ2n) is 3.97. The zero-order chi connectivity index (χ0) is 13.0. The highest BCUT2D eigenvalue weighted by atomic mass is 16.4. The van der Waals surface area contributed by atoms with E-state index in [-0.39, 0.29) is 6.04 Å². The third-order valence-corrected chi connectivity index (χ3v) is 2.36. The molecular weight excluding hydrogens is 230 g/mol. The number of rotatable bonds is 5. The fourth-order valence-corrected chi connectivity index (χ4v) is 1.54. The first-order chi connectivity index (χ1) is 8.69. The van der Waals surface area contributed by atoms with Crippen LogP contribution >= 0.6 is 0 Å². The number of aromatic nitrogens is 3. The molecule has 1 atom stereocenters. The van der Waals surface area contributed by atoms with Gasteiger partial charge in [0.1, 0.15) is 17.6 Å². The third-order valence-electron chi connectivity index (χ3n) is 2.36. The lowest BCUT2D eigenvalue weighted by Crippen LogP contribution is -2.10. The zero-order valence-electron chi connectivity index (χ0n) is 10.8. The molecule has 2 aromatic heterocycles. The topological polar surface area (TPSA) is 75.9 Å². The molecule has 0 saturated carbocycles.